The Labute approximate surface area is 126 Å². The van der Waals surface area contributed by atoms with Gasteiger partial charge in [0.1, 0.15) is 5.82 Å². The van der Waals surface area contributed by atoms with Gasteiger partial charge in [-0.05, 0) is 45.4 Å². The van der Waals surface area contributed by atoms with Crippen molar-refractivity contribution in [2.24, 2.45) is 5.92 Å². The monoisotopic (exact) mass is 307 g/mol. The molecule has 0 bridgehead atoms. The van der Waals surface area contributed by atoms with Crippen molar-refractivity contribution < 1.29 is 9.18 Å². The minimum absolute atomic E-state index is 0.0144. The van der Waals surface area contributed by atoms with Crippen LogP contribution in [-0.2, 0) is 4.79 Å². The number of anilines is 1. The van der Waals surface area contributed by atoms with Crippen molar-refractivity contribution in [3.63, 3.8) is 0 Å². The van der Waals surface area contributed by atoms with Crippen molar-refractivity contribution in [1.29, 1.82) is 0 Å². The summed E-state index contributed by atoms with van der Waals surface area (Å²) in [6.45, 7) is 4.66. The highest BCUT2D eigenvalue weighted by atomic mass is 32.1. The van der Waals surface area contributed by atoms with Gasteiger partial charge in [0.2, 0.25) is 5.91 Å². The Balaban J connectivity index is 1.78. The number of carbonyl (C=O) groups is 1. The van der Waals surface area contributed by atoms with Crippen LogP contribution in [0.3, 0.4) is 0 Å². The first-order valence-corrected chi connectivity index (χ1v) is 7.96. The molecular weight excluding hydrogens is 289 g/mol. The van der Waals surface area contributed by atoms with Gasteiger partial charge in [-0.2, -0.15) is 0 Å². The summed E-state index contributed by atoms with van der Waals surface area (Å²) >= 11 is 1.39. The summed E-state index contributed by atoms with van der Waals surface area (Å²) in [6, 6.07) is 3.51. The molecule has 1 amide bonds. The van der Waals surface area contributed by atoms with E-state index in [0.717, 1.165) is 24.1 Å². The number of halogens is 1. The van der Waals surface area contributed by atoms with Crippen molar-refractivity contribution in [1.82, 2.24) is 10.3 Å². The van der Waals surface area contributed by atoms with Crippen LogP contribution in [0.5, 0.6) is 0 Å². The molecule has 1 saturated heterocycles. The molecule has 3 rings (SSSR count). The predicted molar refractivity (Wildman–Crippen MR) is 83.1 cm³/mol. The average Bonchev–Trinajstić information content (AvgIpc) is 2.86. The fraction of sp³-hybridized carbons (Fsp3) is 0.467. The van der Waals surface area contributed by atoms with E-state index in [1.54, 1.807) is 13.0 Å². The second-order valence-corrected chi connectivity index (χ2v) is 6.63. The fourth-order valence-corrected chi connectivity index (χ4v) is 3.66. The summed E-state index contributed by atoms with van der Waals surface area (Å²) in [5.41, 5.74) is 1.16. The topological polar surface area (TPSA) is 54.0 Å². The Hall–Kier alpha value is -1.53. The maximum absolute atomic E-state index is 13.5. The molecule has 0 aliphatic carbocycles. The molecule has 1 fully saturated rings. The number of aromatic nitrogens is 1. The van der Waals surface area contributed by atoms with Gasteiger partial charge in [-0.15, -0.1) is 0 Å². The van der Waals surface area contributed by atoms with Gasteiger partial charge in [-0.3, -0.25) is 4.79 Å². The molecule has 2 heterocycles. The van der Waals surface area contributed by atoms with E-state index in [4.69, 9.17) is 0 Å². The number of rotatable bonds is 2. The van der Waals surface area contributed by atoms with E-state index in [1.807, 2.05) is 0 Å². The van der Waals surface area contributed by atoms with E-state index in [-0.39, 0.29) is 17.6 Å². The van der Waals surface area contributed by atoms with Crippen LogP contribution in [0.1, 0.15) is 25.3 Å². The van der Waals surface area contributed by atoms with Crippen molar-refractivity contribution in [2.45, 2.75) is 32.7 Å². The van der Waals surface area contributed by atoms with Gasteiger partial charge in [0.25, 0.3) is 0 Å². The molecule has 112 valence electrons. The number of thiazole rings is 1. The largest absolute Gasteiger partial charge is 0.314 e. The Kier molecular flexibility index (Phi) is 3.91. The van der Waals surface area contributed by atoms with E-state index in [9.17, 15) is 9.18 Å². The molecule has 21 heavy (non-hydrogen) atoms. The number of benzene rings is 1. The number of carbonyl (C=O) groups excluding carboxylic acids is 1. The van der Waals surface area contributed by atoms with Crippen molar-refractivity contribution in [3.05, 3.63) is 23.5 Å². The number of amides is 1. The maximum Gasteiger partial charge on any atom is 0.229 e. The summed E-state index contributed by atoms with van der Waals surface area (Å²) in [4.78, 5) is 16.7. The molecule has 6 heteroatoms. The smallest absolute Gasteiger partial charge is 0.229 e. The van der Waals surface area contributed by atoms with Crippen molar-refractivity contribution in [3.8, 4) is 0 Å². The molecule has 2 N–H and O–H groups in total. The van der Waals surface area contributed by atoms with Gasteiger partial charge in [0, 0.05) is 17.5 Å². The molecule has 1 aromatic carbocycles. The van der Waals surface area contributed by atoms with Gasteiger partial charge in [0.15, 0.2) is 5.13 Å². The molecule has 1 aliphatic heterocycles. The molecule has 1 aliphatic rings. The van der Waals surface area contributed by atoms with Gasteiger partial charge in [0.05, 0.1) is 10.2 Å². The van der Waals surface area contributed by atoms with E-state index < -0.39 is 0 Å². The molecule has 4 nitrogen and oxygen atoms in total. The van der Waals surface area contributed by atoms with Crippen LogP contribution in [0.25, 0.3) is 10.2 Å². The number of fused-ring (bicyclic) bond motifs is 1. The zero-order valence-corrected chi connectivity index (χ0v) is 12.9. The van der Waals surface area contributed by atoms with Crippen molar-refractivity contribution >= 4 is 32.6 Å². The van der Waals surface area contributed by atoms with E-state index in [2.05, 4.69) is 22.5 Å². The number of hydrogen-bond acceptors (Lipinski definition) is 4. The number of piperidine rings is 1. The van der Waals surface area contributed by atoms with Crippen LogP contribution in [0.15, 0.2) is 12.1 Å². The van der Waals surface area contributed by atoms with Crippen LogP contribution in [-0.4, -0.2) is 23.5 Å². The summed E-state index contributed by atoms with van der Waals surface area (Å²) in [7, 11) is 0. The Morgan fingerprint density at radius 3 is 3.10 bits per heavy atom. The van der Waals surface area contributed by atoms with E-state index in [0.29, 0.717) is 22.3 Å². The van der Waals surface area contributed by atoms with Gasteiger partial charge < -0.3 is 10.6 Å². The fourth-order valence-electron chi connectivity index (χ4n) is 2.73. The third-order valence-electron chi connectivity index (χ3n) is 3.97. The Morgan fingerprint density at radius 2 is 2.33 bits per heavy atom. The van der Waals surface area contributed by atoms with Crippen molar-refractivity contribution in [2.75, 3.05) is 11.9 Å². The third kappa shape index (κ3) is 2.91. The molecule has 2 atom stereocenters. The first-order chi connectivity index (χ1) is 10.0. The Bertz CT molecular complexity index is 685. The number of nitrogens with one attached hydrogen (secondary N) is 2. The minimum atomic E-state index is -0.266. The lowest BCUT2D eigenvalue weighted by Gasteiger charge is -2.26. The quantitative estimate of drug-likeness (QED) is 0.896. The molecule has 0 radical (unpaired) electrons. The summed E-state index contributed by atoms with van der Waals surface area (Å²) in [5, 5.41) is 6.77. The normalized spacial score (nSPS) is 22.4. The van der Waals surface area contributed by atoms with Crippen LogP contribution in [0.4, 0.5) is 9.52 Å². The van der Waals surface area contributed by atoms with Crippen LogP contribution < -0.4 is 10.6 Å². The number of aryl methyl sites for hydroxylation is 1. The lowest BCUT2D eigenvalue weighted by atomic mass is 9.93. The van der Waals surface area contributed by atoms with E-state index >= 15 is 0 Å². The summed E-state index contributed by atoms with van der Waals surface area (Å²) < 4.78 is 14.4. The second kappa shape index (κ2) is 5.69. The lowest BCUT2D eigenvalue weighted by molar-refractivity contribution is -0.120. The van der Waals surface area contributed by atoms with Crippen LogP contribution in [0, 0.1) is 18.7 Å². The first kappa shape index (κ1) is 14.4. The summed E-state index contributed by atoms with van der Waals surface area (Å²) in [5.74, 6) is -0.232. The zero-order valence-electron chi connectivity index (χ0n) is 12.1. The second-order valence-electron chi connectivity index (χ2n) is 5.60. The maximum atomic E-state index is 13.5. The highest BCUT2D eigenvalue weighted by molar-refractivity contribution is 7.22. The highest BCUT2D eigenvalue weighted by Crippen LogP contribution is 2.30. The number of nitrogens with zero attached hydrogens (tertiary/aromatic N) is 1. The molecule has 0 saturated carbocycles. The predicted octanol–water partition coefficient (Wildman–Crippen LogP) is 3.07. The van der Waals surface area contributed by atoms with Crippen LogP contribution in [0.2, 0.25) is 0 Å². The Morgan fingerprint density at radius 1 is 1.52 bits per heavy atom. The van der Waals surface area contributed by atoms with E-state index in [1.165, 1.54) is 17.4 Å². The highest BCUT2D eigenvalue weighted by Gasteiger charge is 2.25. The van der Waals surface area contributed by atoms with Gasteiger partial charge in [-0.25, -0.2) is 9.37 Å². The average molecular weight is 307 g/mol. The summed E-state index contributed by atoms with van der Waals surface area (Å²) in [6.07, 6.45) is 1.68. The van der Waals surface area contributed by atoms with Crippen LogP contribution >= 0.6 is 11.3 Å². The third-order valence-corrected chi connectivity index (χ3v) is 4.91. The molecule has 0 unspecified atom stereocenters. The minimum Gasteiger partial charge on any atom is -0.314 e. The SMILES string of the molecule is Cc1c(F)ccc2sc(NC(=O)[C@H]3CCN[C@@H](C)C3)nc12. The standard InChI is InChI=1S/C15H18FN3OS/c1-8-7-10(5-6-17-8)14(20)19-15-18-13-9(2)11(16)3-4-12(13)21-15/h3-4,8,10,17H,5-7H2,1-2H3,(H,18,19,20)/t8-,10-/m0/s1. The molecular formula is C15H18FN3OS. The zero-order chi connectivity index (χ0) is 15.0. The van der Waals surface area contributed by atoms with Gasteiger partial charge >= 0.3 is 0 Å². The number of hydrogen-bond donors (Lipinski definition) is 2. The molecule has 0 spiro atoms. The molecule has 1 aromatic heterocycles. The molecule has 2 aromatic rings. The van der Waals surface area contributed by atoms with Gasteiger partial charge in [-0.1, -0.05) is 11.3 Å². The first-order valence-electron chi connectivity index (χ1n) is 7.14. The lowest BCUT2D eigenvalue weighted by Crippen LogP contribution is -2.40.